The Hall–Kier alpha value is -2.14. The van der Waals surface area contributed by atoms with E-state index in [0.717, 1.165) is 4.31 Å². The zero-order valence-corrected chi connectivity index (χ0v) is 17.2. The molecule has 28 heavy (non-hydrogen) atoms. The molecular formula is C18H23N3O5S2. The van der Waals surface area contributed by atoms with Crippen molar-refractivity contribution in [2.75, 3.05) is 12.3 Å². The van der Waals surface area contributed by atoms with Gasteiger partial charge in [0.1, 0.15) is 17.5 Å². The highest BCUT2D eigenvalue weighted by atomic mass is 32.2. The van der Waals surface area contributed by atoms with E-state index >= 15 is 0 Å². The second-order valence-corrected chi connectivity index (χ2v) is 8.60. The maximum Gasteiger partial charge on any atom is 0.262 e. The molecule has 2 N–H and O–H groups in total. The van der Waals surface area contributed by atoms with Crippen LogP contribution in [0.2, 0.25) is 0 Å². The van der Waals surface area contributed by atoms with Gasteiger partial charge in [0.05, 0.1) is 4.90 Å². The summed E-state index contributed by atoms with van der Waals surface area (Å²) in [6, 6.07) is 8.16. The fourth-order valence-electron chi connectivity index (χ4n) is 2.70. The summed E-state index contributed by atoms with van der Waals surface area (Å²) in [5.41, 5.74) is 1.55. The molecular weight excluding hydrogens is 402 g/mol. The predicted molar refractivity (Wildman–Crippen MR) is 107 cm³/mol. The van der Waals surface area contributed by atoms with Crippen molar-refractivity contribution >= 4 is 28.6 Å². The van der Waals surface area contributed by atoms with Gasteiger partial charge in [0.25, 0.3) is 5.91 Å². The van der Waals surface area contributed by atoms with Crippen molar-refractivity contribution in [1.29, 1.82) is 0 Å². The number of ether oxygens (including phenoxy) is 1. The molecule has 2 aromatic rings. The zero-order chi connectivity index (χ0) is 20.7. The number of thiol groups is 1. The van der Waals surface area contributed by atoms with Gasteiger partial charge in [-0.25, -0.2) is 13.9 Å². The number of nitrogens with one attached hydrogen (secondary N) is 1. The summed E-state index contributed by atoms with van der Waals surface area (Å²) in [7, 11) is -4.01. The van der Waals surface area contributed by atoms with Crippen LogP contribution in [0.4, 0.5) is 0 Å². The van der Waals surface area contributed by atoms with Gasteiger partial charge in [-0.3, -0.25) is 15.0 Å². The Labute approximate surface area is 170 Å². The zero-order valence-electron chi connectivity index (χ0n) is 15.5. The quantitative estimate of drug-likeness (QED) is 0.323. The van der Waals surface area contributed by atoms with Gasteiger partial charge in [0, 0.05) is 24.7 Å². The lowest BCUT2D eigenvalue weighted by Crippen LogP contribution is -2.52. The van der Waals surface area contributed by atoms with Crippen molar-refractivity contribution in [2.24, 2.45) is 5.92 Å². The molecule has 0 bridgehead atoms. The van der Waals surface area contributed by atoms with Crippen LogP contribution < -0.4 is 10.2 Å². The van der Waals surface area contributed by atoms with E-state index in [0.29, 0.717) is 11.5 Å². The van der Waals surface area contributed by atoms with Crippen molar-refractivity contribution < 1.29 is 23.2 Å². The third kappa shape index (κ3) is 5.22. The van der Waals surface area contributed by atoms with Crippen LogP contribution in [-0.4, -0.2) is 47.2 Å². The Bertz CT molecular complexity index is 874. The van der Waals surface area contributed by atoms with E-state index in [2.05, 4.69) is 17.6 Å². The molecule has 0 fully saturated rings. The smallest absolute Gasteiger partial charge is 0.262 e. The maximum atomic E-state index is 13.1. The van der Waals surface area contributed by atoms with Gasteiger partial charge in [-0.1, -0.05) is 13.8 Å². The molecule has 152 valence electrons. The number of rotatable bonds is 9. The molecule has 1 atom stereocenters. The molecule has 10 heteroatoms. The molecule has 0 saturated heterocycles. The Balaban J connectivity index is 2.32. The summed E-state index contributed by atoms with van der Waals surface area (Å²) in [6.45, 7) is 3.41. The fourth-order valence-corrected chi connectivity index (χ4v) is 4.77. The number of hydroxylamine groups is 1. The number of amides is 1. The van der Waals surface area contributed by atoms with Crippen molar-refractivity contribution in [3.8, 4) is 11.5 Å². The first-order valence-corrected chi connectivity index (χ1v) is 10.6. The molecule has 0 aliphatic carbocycles. The standard InChI is InChI=1S/C18H23N3O5S2/c1-13(2)17(18(22)20-23)21(11-12-27)28(24,25)16-5-3-14(4-6-16)26-15-7-9-19-10-8-15/h3-10,13,17,23,27H,11-12H2,1-2H3,(H,20,22)/t17-/m1/s1. The number of sulfonamides is 1. The highest BCUT2D eigenvalue weighted by Crippen LogP contribution is 2.26. The molecule has 2 rings (SSSR count). The largest absolute Gasteiger partial charge is 0.457 e. The van der Waals surface area contributed by atoms with E-state index in [-0.39, 0.29) is 23.1 Å². The maximum absolute atomic E-state index is 13.1. The van der Waals surface area contributed by atoms with Gasteiger partial charge in [-0.05, 0) is 42.3 Å². The molecule has 0 radical (unpaired) electrons. The third-order valence-electron chi connectivity index (χ3n) is 3.96. The average Bonchev–Trinajstić information content (AvgIpc) is 2.68. The number of pyridine rings is 1. The van der Waals surface area contributed by atoms with Crippen molar-refractivity contribution in [2.45, 2.75) is 24.8 Å². The Kier molecular flexibility index (Phi) is 7.81. The van der Waals surface area contributed by atoms with E-state index in [1.54, 1.807) is 43.9 Å². The molecule has 0 saturated carbocycles. The second-order valence-electron chi connectivity index (χ2n) is 6.26. The van der Waals surface area contributed by atoms with E-state index < -0.39 is 22.0 Å². The molecule has 0 spiro atoms. The fraction of sp³-hybridized carbons (Fsp3) is 0.333. The summed E-state index contributed by atoms with van der Waals surface area (Å²) < 4.78 is 33.0. The minimum atomic E-state index is -4.01. The van der Waals surface area contributed by atoms with Crippen molar-refractivity contribution in [1.82, 2.24) is 14.8 Å². The van der Waals surface area contributed by atoms with Crippen LogP contribution in [0.1, 0.15) is 13.8 Å². The van der Waals surface area contributed by atoms with Crippen molar-refractivity contribution in [3.63, 3.8) is 0 Å². The van der Waals surface area contributed by atoms with Crippen LogP contribution in [0.3, 0.4) is 0 Å². The minimum absolute atomic E-state index is 0.00718. The van der Waals surface area contributed by atoms with E-state index in [4.69, 9.17) is 9.94 Å². The number of hydrogen-bond donors (Lipinski definition) is 3. The van der Waals surface area contributed by atoms with Crippen LogP contribution in [-0.2, 0) is 14.8 Å². The first-order chi connectivity index (χ1) is 13.3. The summed E-state index contributed by atoms with van der Waals surface area (Å²) in [5.74, 6) is 0.0833. The molecule has 1 heterocycles. The molecule has 0 unspecified atom stereocenters. The van der Waals surface area contributed by atoms with Crippen LogP contribution in [0.25, 0.3) is 0 Å². The normalized spacial score (nSPS) is 12.8. The predicted octanol–water partition coefficient (Wildman–Crippen LogP) is 2.32. The number of carbonyl (C=O) groups is 1. The lowest BCUT2D eigenvalue weighted by Gasteiger charge is -2.31. The van der Waals surface area contributed by atoms with Gasteiger partial charge >= 0.3 is 0 Å². The first-order valence-electron chi connectivity index (χ1n) is 8.56. The molecule has 1 aromatic carbocycles. The molecule has 1 aromatic heterocycles. The summed E-state index contributed by atoms with van der Waals surface area (Å²) in [4.78, 5) is 16.0. The Morgan fingerprint density at radius 1 is 1.18 bits per heavy atom. The summed E-state index contributed by atoms with van der Waals surface area (Å²) in [6.07, 6.45) is 3.17. The molecule has 0 aliphatic heterocycles. The van der Waals surface area contributed by atoms with Gasteiger partial charge in [-0.15, -0.1) is 0 Å². The Morgan fingerprint density at radius 3 is 2.25 bits per heavy atom. The summed E-state index contributed by atoms with van der Waals surface area (Å²) >= 11 is 4.11. The van der Waals surface area contributed by atoms with E-state index in [1.807, 2.05) is 0 Å². The van der Waals surface area contributed by atoms with Crippen LogP contribution >= 0.6 is 12.6 Å². The number of nitrogens with zero attached hydrogens (tertiary/aromatic N) is 2. The van der Waals surface area contributed by atoms with Gasteiger partial charge < -0.3 is 4.74 Å². The lowest BCUT2D eigenvalue weighted by molar-refractivity contribution is -0.134. The van der Waals surface area contributed by atoms with E-state index in [1.165, 1.54) is 24.3 Å². The highest BCUT2D eigenvalue weighted by Gasteiger charge is 2.37. The lowest BCUT2D eigenvalue weighted by atomic mass is 10.0. The van der Waals surface area contributed by atoms with Gasteiger partial charge in [0.2, 0.25) is 10.0 Å². The van der Waals surface area contributed by atoms with Gasteiger partial charge in [-0.2, -0.15) is 16.9 Å². The highest BCUT2D eigenvalue weighted by molar-refractivity contribution is 7.89. The molecule has 8 nitrogen and oxygen atoms in total. The topological polar surface area (TPSA) is 109 Å². The number of hydrogen-bond acceptors (Lipinski definition) is 7. The number of benzene rings is 1. The minimum Gasteiger partial charge on any atom is -0.457 e. The number of carbonyl (C=O) groups excluding carboxylic acids is 1. The summed E-state index contributed by atoms with van der Waals surface area (Å²) in [5, 5.41) is 9.02. The number of aromatic nitrogens is 1. The average molecular weight is 426 g/mol. The van der Waals surface area contributed by atoms with Crippen LogP contribution in [0.5, 0.6) is 11.5 Å². The molecule has 0 aliphatic rings. The van der Waals surface area contributed by atoms with Crippen LogP contribution in [0.15, 0.2) is 53.7 Å². The SMILES string of the molecule is CC(C)[C@H](C(=O)NO)N(CCS)S(=O)(=O)c1ccc(Oc2ccncc2)cc1. The first kappa shape index (κ1) is 22.2. The van der Waals surface area contributed by atoms with Gasteiger partial charge in [0.15, 0.2) is 0 Å². The van der Waals surface area contributed by atoms with E-state index in [9.17, 15) is 13.2 Å². The second kappa shape index (κ2) is 9.87. The van der Waals surface area contributed by atoms with Crippen molar-refractivity contribution in [3.05, 3.63) is 48.8 Å². The monoisotopic (exact) mass is 425 g/mol. The van der Waals surface area contributed by atoms with Crippen LogP contribution in [0, 0.1) is 5.92 Å². The Morgan fingerprint density at radius 2 is 1.75 bits per heavy atom. The molecule has 1 amide bonds. The third-order valence-corrected chi connectivity index (χ3v) is 6.05.